The minimum Gasteiger partial charge on any atom is -0.329 e. The van der Waals surface area contributed by atoms with E-state index in [1.54, 1.807) is 0 Å². The minimum absolute atomic E-state index is 0.633. The van der Waals surface area contributed by atoms with Crippen molar-refractivity contribution >= 4 is 0 Å². The van der Waals surface area contributed by atoms with Crippen molar-refractivity contribution in [3.63, 3.8) is 0 Å². The van der Waals surface area contributed by atoms with Crippen LogP contribution in [0.4, 0.5) is 0 Å². The zero-order chi connectivity index (χ0) is 12.0. The molecule has 1 aliphatic carbocycles. The second-order valence-electron chi connectivity index (χ2n) is 5.20. The van der Waals surface area contributed by atoms with E-state index in [9.17, 15) is 0 Å². The van der Waals surface area contributed by atoms with Gasteiger partial charge in [-0.3, -0.25) is 4.90 Å². The van der Waals surface area contributed by atoms with Crippen LogP contribution in [0.5, 0.6) is 0 Å². The summed E-state index contributed by atoms with van der Waals surface area (Å²) in [6, 6.07) is 1.50. The zero-order valence-electron chi connectivity index (χ0n) is 11.4. The number of hydrogen-bond acceptors (Lipinski definition) is 2. The van der Waals surface area contributed by atoms with Gasteiger partial charge in [-0.2, -0.15) is 0 Å². The molecule has 1 saturated carbocycles. The summed E-state index contributed by atoms with van der Waals surface area (Å²) in [5.41, 5.74) is 6.02. The molecule has 0 heterocycles. The highest BCUT2D eigenvalue weighted by molar-refractivity contribution is 4.91. The smallest absolute Gasteiger partial charge is 0.0249 e. The Kier molecular flexibility index (Phi) is 6.37. The van der Waals surface area contributed by atoms with Crippen molar-refractivity contribution in [3.8, 4) is 0 Å². The van der Waals surface area contributed by atoms with Crippen LogP contribution in [0.1, 0.15) is 59.3 Å². The largest absolute Gasteiger partial charge is 0.329 e. The summed E-state index contributed by atoms with van der Waals surface area (Å²) in [6.45, 7) is 9.00. The van der Waals surface area contributed by atoms with Gasteiger partial charge in [-0.1, -0.05) is 40.0 Å². The molecular weight excluding hydrogens is 196 g/mol. The Hall–Kier alpha value is -0.0800. The summed E-state index contributed by atoms with van der Waals surface area (Å²) in [4.78, 5) is 2.72. The van der Waals surface area contributed by atoms with E-state index in [4.69, 9.17) is 5.73 Å². The Bertz CT molecular complexity index is 174. The fourth-order valence-electron chi connectivity index (χ4n) is 2.80. The molecule has 0 saturated heterocycles. The quantitative estimate of drug-likeness (QED) is 0.655. The van der Waals surface area contributed by atoms with Crippen LogP contribution in [0.25, 0.3) is 0 Å². The van der Waals surface area contributed by atoms with E-state index >= 15 is 0 Å². The van der Waals surface area contributed by atoms with Crippen LogP contribution in [0, 0.1) is 5.92 Å². The monoisotopic (exact) mass is 226 g/mol. The standard InChI is InChI=1S/C14H30N2/c1-4-7-10-16(13-8-9-13)14(11-15)12(5-2)6-3/h12-14H,4-11,15H2,1-3H3. The highest BCUT2D eigenvalue weighted by Gasteiger charge is 2.35. The summed E-state index contributed by atoms with van der Waals surface area (Å²) in [5.74, 6) is 0.794. The number of hydrogen-bond donors (Lipinski definition) is 1. The van der Waals surface area contributed by atoms with Gasteiger partial charge in [0.05, 0.1) is 0 Å². The van der Waals surface area contributed by atoms with E-state index in [0.29, 0.717) is 6.04 Å². The average Bonchev–Trinajstić information content (AvgIpc) is 3.12. The topological polar surface area (TPSA) is 29.3 Å². The van der Waals surface area contributed by atoms with Gasteiger partial charge in [0, 0.05) is 18.6 Å². The highest BCUT2D eigenvalue weighted by atomic mass is 15.2. The molecule has 0 aromatic rings. The number of nitrogens with two attached hydrogens (primary N) is 1. The summed E-state index contributed by atoms with van der Waals surface area (Å²) in [5, 5.41) is 0. The van der Waals surface area contributed by atoms with Crippen molar-refractivity contribution in [2.75, 3.05) is 13.1 Å². The van der Waals surface area contributed by atoms with Gasteiger partial charge in [0.25, 0.3) is 0 Å². The third-order valence-corrected chi connectivity index (χ3v) is 4.05. The first-order valence-electron chi connectivity index (χ1n) is 7.24. The number of unbranched alkanes of at least 4 members (excludes halogenated alkanes) is 1. The first kappa shape index (κ1) is 14.0. The molecule has 2 nitrogen and oxygen atoms in total. The first-order valence-corrected chi connectivity index (χ1v) is 7.24. The molecule has 2 N–H and O–H groups in total. The van der Waals surface area contributed by atoms with Crippen molar-refractivity contribution < 1.29 is 0 Å². The summed E-state index contributed by atoms with van der Waals surface area (Å²) < 4.78 is 0. The van der Waals surface area contributed by atoms with Crippen LogP contribution >= 0.6 is 0 Å². The van der Waals surface area contributed by atoms with E-state index in [2.05, 4.69) is 25.7 Å². The Morgan fingerprint density at radius 1 is 1.19 bits per heavy atom. The average molecular weight is 226 g/mol. The van der Waals surface area contributed by atoms with E-state index in [-0.39, 0.29) is 0 Å². The van der Waals surface area contributed by atoms with Crippen molar-refractivity contribution in [3.05, 3.63) is 0 Å². The zero-order valence-corrected chi connectivity index (χ0v) is 11.4. The van der Waals surface area contributed by atoms with Crippen molar-refractivity contribution in [2.24, 2.45) is 11.7 Å². The van der Waals surface area contributed by atoms with Crippen LogP contribution in [0.15, 0.2) is 0 Å². The molecule has 0 radical (unpaired) electrons. The Balaban J connectivity index is 2.56. The second kappa shape index (κ2) is 7.29. The van der Waals surface area contributed by atoms with Gasteiger partial charge in [-0.25, -0.2) is 0 Å². The minimum atomic E-state index is 0.633. The van der Waals surface area contributed by atoms with Gasteiger partial charge < -0.3 is 5.73 Å². The maximum atomic E-state index is 6.02. The lowest BCUT2D eigenvalue weighted by molar-refractivity contribution is 0.129. The number of nitrogens with zero attached hydrogens (tertiary/aromatic N) is 1. The van der Waals surface area contributed by atoms with Crippen molar-refractivity contribution in [2.45, 2.75) is 71.4 Å². The molecule has 1 unspecified atom stereocenters. The van der Waals surface area contributed by atoms with Gasteiger partial charge >= 0.3 is 0 Å². The normalized spacial score (nSPS) is 18.4. The number of rotatable bonds is 9. The van der Waals surface area contributed by atoms with E-state index in [1.165, 1.54) is 45.1 Å². The second-order valence-corrected chi connectivity index (χ2v) is 5.20. The molecule has 1 fully saturated rings. The maximum Gasteiger partial charge on any atom is 0.0249 e. The lowest BCUT2D eigenvalue weighted by atomic mass is 9.92. The fraction of sp³-hybridized carbons (Fsp3) is 1.00. The lowest BCUT2D eigenvalue weighted by Crippen LogP contribution is -2.47. The SMILES string of the molecule is CCCCN(C1CC1)C(CN)C(CC)CC. The molecule has 2 heteroatoms. The Labute approximate surface area is 102 Å². The molecular formula is C14H30N2. The van der Waals surface area contributed by atoms with Gasteiger partial charge in [-0.05, 0) is 31.7 Å². The third kappa shape index (κ3) is 3.74. The van der Waals surface area contributed by atoms with Gasteiger partial charge in [-0.15, -0.1) is 0 Å². The molecule has 16 heavy (non-hydrogen) atoms. The van der Waals surface area contributed by atoms with Crippen molar-refractivity contribution in [1.82, 2.24) is 4.90 Å². The van der Waals surface area contributed by atoms with Crippen LogP contribution in [0.2, 0.25) is 0 Å². The predicted octanol–water partition coefficient (Wildman–Crippen LogP) is 3.01. The van der Waals surface area contributed by atoms with E-state index in [0.717, 1.165) is 18.5 Å². The first-order chi connectivity index (χ1) is 7.78. The third-order valence-electron chi connectivity index (χ3n) is 4.05. The summed E-state index contributed by atoms with van der Waals surface area (Å²) >= 11 is 0. The molecule has 1 rings (SSSR count). The van der Waals surface area contributed by atoms with Crippen LogP contribution < -0.4 is 5.73 Å². The van der Waals surface area contributed by atoms with Gasteiger partial charge in [0.15, 0.2) is 0 Å². The predicted molar refractivity (Wildman–Crippen MR) is 71.6 cm³/mol. The maximum absolute atomic E-state index is 6.02. The molecule has 0 amide bonds. The fourth-order valence-corrected chi connectivity index (χ4v) is 2.80. The van der Waals surface area contributed by atoms with E-state index in [1.807, 2.05) is 0 Å². The van der Waals surface area contributed by atoms with Gasteiger partial charge in [0.2, 0.25) is 0 Å². The Morgan fingerprint density at radius 3 is 2.19 bits per heavy atom. The lowest BCUT2D eigenvalue weighted by Gasteiger charge is -2.36. The molecule has 96 valence electrons. The van der Waals surface area contributed by atoms with Gasteiger partial charge in [0.1, 0.15) is 0 Å². The summed E-state index contributed by atoms with van der Waals surface area (Å²) in [7, 11) is 0. The molecule has 0 bridgehead atoms. The van der Waals surface area contributed by atoms with Crippen LogP contribution in [0.3, 0.4) is 0 Å². The highest BCUT2D eigenvalue weighted by Crippen LogP contribution is 2.32. The molecule has 0 aliphatic heterocycles. The van der Waals surface area contributed by atoms with E-state index < -0.39 is 0 Å². The summed E-state index contributed by atoms with van der Waals surface area (Å²) in [6.07, 6.45) is 7.97. The van der Waals surface area contributed by atoms with Crippen LogP contribution in [-0.4, -0.2) is 30.1 Å². The van der Waals surface area contributed by atoms with Crippen LogP contribution in [-0.2, 0) is 0 Å². The molecule has 1 aliphatic rings. The molecule has 0 aromatic carbocycles. The Morgan fingerprint density at radius 2 is 1.81 bits per heavy atom. The molecule has 1 atom stereocenters. The van der Waals surface area contributed by atoms with Crippen molar-refractivity contribution in [1.29, 1.82) is 0 Å². The molecule has 0 spiro atoms. The molecule has 0 aromatic heterocycles.